The lowest BCUT2D eigenvalue weighted by atomic mass is 10.1. The maximum absolute atomic E-state index is 10.9. The van der Waals surface area contributed by atoms with Crippen LogP contribution in [-0.2, 0) is 0 Å². The van der Waals surface area contributed by atoms with E-state index in [1.807, 2.05) is 19.1 Å². The lowest BCUT2D eigenvalue weighted by Gasteiger charge is -2.29. The van der Waals surface area contributed by atoms with Gasteiger partial charge in [0.15, 0.2) is 0 Å². The zero-order valence-electron chi connectivity index (χ0n) is 10.6. The van der Waals surface area contributed by atoms with Gasteiger partial charge in [-0.3, -0.25) is 0 Å². The van der Waals surface area contributed by atoms with Crippen molar-refractivity contribution in [2.24, 2.45) is 0 Å². The molecule has 0 aliphatic rings. The summed E-state index contributed by atoms with van der Waals surface area (Å²) in [7, 11) is 0. The van der Waals surface area contributed by atoms with Crippen molar-refractivity contribution in [2.75, 3.05) is 11.4 Å². The molecule has 0 fully saturated rings. The lowest BCUT2D eigenvalue weighted by molar-refractivity contribution is 0.0697. The Morgan fingerprint density at radius 1 is 1.53 bits per heavy atom. The molecule has 0 aliphatic carbocycles. The summed E-state index contributed by atoms with van der Waals surface area (Å²) < 4.78 is 0. The number of carboxylic acid groups (broad SMARTS) is 1. The molecule has 0 heterocycles. The summed E-state index contributed by atoms with van der Waals surface area (Å²) in [6, 6.07) is 5.56. The maximum atomic E-state index is 10.9. The fourth-order valence-electron chi connectivity index (χ4n) is 1.84. The Bertz CT molecular complexity index is 424. The van der Waals surface area contributed by atoms with Crippen LogP contribution in [0.3, 0.4) is 0 Å². The van der Waals surface area contributed by atoms with Crippen LogP contribution in [-0.4, -0.2) is 23.7 Å². The lowest BCUT2D eigenvalue weighted by Crippen LogP contribution is -2.31. The van der Waals surface area contributed by atoms with Crippen LogP contribution in [0.25, 0.3) is 0 Å². The van der Waals surface area contributed by atoms with Crippen molar-refractivity contribution in [3.63, 3.8) is 0 Å². The van der Waals surface area contributed by atoms with E-state index in [0.717, 1.165) is 17.8 Å². The molecule has 0 saturated carbocycles. The number of aromatic carboxylic acids is 1. The minimum atomic E-state index is -0.889. The van der Waals surface area contributed by atoms with E-state index in [1.165, 1.54) is 0 Å². The van der Waals surface area contributed by atoms with Crippen LogP contribution in [0.15, 0.2) is 30.9 Å². The number of carboxylic acids is 1. The van der Waals surface area contributed by atoms with E-state index in [2.05, 4.69) is 25.3 Å². The summed E-state index contributed by atoms with van der Waals surface area (Å²) >= 11 is 0. The molecule has 0 radical (unpaired) electrons. The third-order valence-corrected chi connectivity index (χ3v) is 2.70. The van der Waals surface area contributed by atoms with Crippen molar-refractivity contribution < 1.29 is 9.90 Å². The second kappa shape index (κ2) is 5.53. The predicted octanol–water partition coefficient (Wildman–Crippen LogP) is 3.09. The molecular weight excluding hydrogens is 214 g/mol. The van der Waals surface area contributed by atoms with E-state index in [4.69, 9.17) is 5.11 Å². The highest BCUT2D eigenvalue weighted by Crippen LogP contribution is 2.23. The van der Waals surface area contributed by atoms with Crippen LogP contribution >= 0.6 is 0 Å². The first-order valence-electron chi connectivity index (χ1n) is 5.68. The number of carbonyl (C=O) groups is 1. The molecule has 17 heavy (non-hydrogen) atoms. The van der Waals surface area contributed by atoms with Crippen molar-refractivity contribution in [2.45, 2.75) is 26.8 Å². The van der Waals surface area contributed by atoms with Crippen LogP contribution in [0.1, 0.15) is 29.8 Å². The molecule has 92 valence electrons. The number of rotatable bonds is 5. The highest BCUT2D eigenvalue weighted by Gasteiger charge is 2.13. The van der Waals surface area contributed by atoms with Crippen molar-refractivity contribution in [3.8, 4) is 0 Å². The molecule has 0 unspecified atom stereocenters. The monoisotopic (exact) mass is 233 g/mol. The Hall–Kier alpha value is -1.77. The molecule has 0 atom stereocenters. The van der Waals surface area contributed by atoms with Gasteiger partial charge in [0.05, 0.1) is 5.56 Å². The first kappa shape index (κ1) is 13.3. The highest BCUT2D eigenvalue weighted by molar-refractivity contribution is 5.88. The van der Waals surface area contributed by atoms with Crippen molar-refractivity contribution in [3.05, 3.63) is 42.0 Å². The van der Waals surface area contributed by atoms with Gasteiger partial charge in [0, 0.05) is 18.3 Å². The normalized spacial score (nSPS) is 10.4. The standard InChI is InChI=1S/C14H19NO2/c1-5-8-15(10(2)3)13-7-6-12(14(16)17)9-11(13)4/h5-7,9-10H,1,8H2,2-4H3,(H,16,17). The Labute approximate surface area is 102 Å². The summed E-state index contributed by atoms with van der Waals surface area (Å²) in [6.45, 7) is 10.6. The smallest absolute Gasteiger partial charge is 0.335 e. The van der Waals surface area contributed by atoms with Gasteiger partial charge in [-0.05, 0) is 44.5 Å². The number of nitrogens with zero attached hydrogens (tertiary/aromatic N) is 1. The number of hydrogen-bond acceptors (Lipinski definition) is 2. The van der Waals surface area contributed by atoms with Crippen molar-refractivity contribution in [1.29, 1.82) is 0 Å². The Kier molecular flexibility index (Phi) is 4.32. The fourth-order valence-corrected chi connectivity index (χ4v) is 1.84. The summed E-state index contributed by atoms with van der Waals surface area (Å²) in [4.78, 5) is 13.1. The van der Waals surface area contributed by atoms with E-state index in [-0.39, 0.29) is 0 Å². The molecular formula is C14H19NO2. The molecule has 1 aromatic rings. The van der Waals surface area contributed by atoms with Crippen molar-refractivity contribution >= 4 is 11.7 Å². The van der Waals surface area contributed by atoms with Gasteiger partial charge in [0.2, 0.25) is 0 Å². The molecule has 1 aromatic carbocycles. The van der Waals surface area contributed by atoms with Gasteiger partial charge >= 0.3 is 5.97 Å². The topological polar surface area (TPSA) is 40.5 Å². The Balaban J connectivity index is 3.12. The average molecular weight is 233 g/mol. The summed E-state index contributed by atoms with van der Waals surface area (Å²) in [5.41, 5.74) is 2.36. The van der Waals surface area contributed by atoms with Crippen LogP contribution < -0.4 is 4.90 Å². The number of hydrogen-bond donors (Lipinski definition) is 1. The third kappa shape index (κ3) is 3.09. The van der Waals surface area contributed by atoms with Gasteiger partial charge in [-0.1, -0.05) is 6.08 Å². The second-order valence-electron chi connectivity index (χ2n) is 4.34. The van der Waals surface area contributed by atoms with E-state index in [1.54, 1.807) is 12.1 Å². The van der Waals surface area contributed by atoms with E-state index in [9.17, 15) is 4.79 Å². The van der Waals surface area contributed by atoms with Gasteiger partial charge in [0.25, 0.3) is 0 Å². The van der Waals surface area contributed by atoms with Gasteiger partial charge in [-0.2, -0.15) is 0 Å². The zero-order chi connectivity index (χ0) is 13.0. The molecule has 0 bridgehead atoms. The van der Waals surface area contributed by atoms with Crippen LogP contribution in [0.2, 0.25) is 0 Å². The predicted molar refractivity (Wildman–Crippen MR) is 70.8 cm³/mol. The molecule has 0 aliphatic heterocycles. The molecule has 0 amide bonds. The van der Waals surface area contributed by atoms with Crippen LogP contribution in [0, 0.1) is 6.92 Å². The minimum absolute atomic E-state index is 0.327. The number of anilines is 1. The van der Waals surface area contributed by atoms with E-state index < -0.39 is 5.97 Å². The van der Waals surface area contributed by atoms with E-state index in [0.29, 0.717) is 11.6 Å². The first-order valence-corrected chi connectivity index (χ1v) is 5.68. The quantitative estimate of drug-likeness (QED) is 0.794. The van der Waals surface area contributed by atoms with Crippen molar-refractivity contribution in [1.82, 2.24) is 0 Å². The molecule has 3 nitrogen and oxygen atoms in total. The second-order valence-corrected chi connectivity index (χ2v) is 4.34. The molecule has 3 heteroatoms. The largest absolute Gasteiger partial charge is 0.478 e. The van der Waals surface area contributed by atoms with Gasteiger partial charge in [-0.15, -0.1) is 6.58 Å². The fraction of sp³-hybridized carbons (Fsp3) is 0.357. The summed E-state index contributed by atoms with van der Waals surface area (Å²) in [5, 5.41) is 8.92. The van der Waals surface area contributed by atoms with Gasteiger partial charge < -0.3 is 10.0 Å². The molecule has 0 spiro atoms. The van der Waals surface area contributed by atoms with Gasteiger partial charge in [-0.25, -0.2) is 4.79 Å². The highest BCUT2D eigenvalue weighted by atomic mass is 16.4. The molecule has 0 aromatic heterocycles. The Morgan fingerprint density at radius 3 is 2.59 bits per heavy atom. The average Bonchev–Trinajstić information content (AvgIpc) is 2.26. The van der Waals surface area contributed by atoms with Crippen LogP contribution in [0.4, 0.5) is 5.69 Å². The first-order chi connectivity index (χ1) is 7.97. The van der Waals surface area contributed by atoms with E-state index >= 15 is 0 Å². The molecule has 0 saturated heterocycles. The SMILES string of the molecule is C=CCN(c1ccc(C(=O)O)cc1C)C(C)C. The minimum Gasteiger partial charge on any atom is -0.478 e. The summed E-state index contributed by atoms with van der Waals surface area (Å²) in [5.74, 6) is -0.889. The number of aryl methyl sites for hydroxylation is 1. The molecule has 1 rings (SSSR count). The van der Waals surface area contributed by atoms with Gasteiger partial charge in [0.1, 0.15) is 0 Å². The zero-order valence-corrected chi connectivity index (χ0v) is 10.6. The number of benzene rings is 1. The Morgan fingerprint density at radius 2 is 2.18 bits per heavy atom. The maximum Gasteiger partial charge on any atom is 0.335 e. The summed E-state index contributed by atoms with van der Waals surface area (Å²) in [6.07, 6.45) is 1.85. The van der Waals surface area contributed by atoms with Crippen LogP contribution in [0.5, 0.6) is 0 Å². The molecule has 1 N–H and O–H groups in total. The third-order valence-electron chi connectivity index (χ3n) is 2.70.